The average Bonchev–Trinajstić information content (AvgIpc) is 4.29. The number of aromatic amines is 2. The first-order valence-corrected chi connectivity index (χ1v) is 66.0. The summed E-state index contributed by atoms with van der Waals surface area (Å²) in [5, 5.41) is 3.12. The van der Waals surface area contributed by atoms with Crippen LogP contribution in [0.25, 0.3) is 21.8 Å². The molecule has 0 spiro atoms. The van der Waals surface area contributed by atoms with Gasteiger partial charge in [-0.05, 0) is 94.4 Å². The van der Waals surface area contributed by atoms with Gasteiger partial charge in [0.25, 0.3) is 0 Å². The maximum absolute atomic E-state index is 12.3. The van der Waals surface area contributed by atoms with E-state index < -0.39 is 0 Å². The lowest BCUT2D eigenvalue weighted by atomic mass is 10.2. The number of carbonyl (C=O) groups is 2. The minimum Gasteiger partial charge on any atom is -0.461 e. The van der Waals surface area contributed by atoms with Crippen LogP contribution in [0.15, 0.2) is 106 Å². The third kappa shape index (κ3) is 40.6. The maximum atomic E-state index is 12.3. The third-order valence-corrected chi connectivity index (χ3v) is 78.2. The zero-order valence-electron chi connectivity index (χ0n) is 39.7. The smallest absolute Gasteiger partial charge is 0.355 e. The highest BCUT2D eigenvalue weighted by Crippen LogP contribution is 2.38. The number of aryl methyl sites for hydroxylation is 2. The molecule has 2 heterocycles. The number of hydrogen-bond donors (Lipinski definition) is 3. The Labute approximate surface area is 599 Å². The summed E-state index contributed by atoms with van der Waals surface area (Å²) in [5.74, 6) is -0.695. The van der Waals surface area contributed by atoms with Crippen LogP contribution < -0.4 is 0 Å². The van der Waals surface area contributed by atoms with Crippen molar-refractivity contribution >= 4 is 388 Å². The van der Waals surface area contributed by atoms with Gasteiger partial charge >= 0.3 is 11.9 Å². The third-order valence-electron chi connectivity index (χ3n) is 7.41. The van der Waals surface area contributed by atoms with E-state index in [1.807, 2.05) is 234 Å². The van der Waals surface area contributed by atoms with Crippen molar-refractivity contribution in [3.8, 4) is 0 Å². The van der Waals surface area contributed by atoms with Gasteiger partial charge < -0.3 is 19.4 Å². The van der Waals surface area contributed by atoms with Crippen molar-refractivity contribution in [2.75, 3.05) is 13.2 Å². The first-order chi connectivity index (χ1) is 39.0. The monoisotopic (exact) mass is 1810 g/mol. The average molecular weight is 1820 g/mol. The number of esters is 2. The number of nitrogens with one attached hydrogen (secondary N) is 2. The second-order valence-electron chi connectivity index (χ2n) is 12.3. The van der Waals surface area contributed by atoms with Crippen molar-refractivity contribution in [1.29, 1.82) is 0 Å². The highest BCUT2D eigenvalue weighted by atomic mass is 35.5. The zero-order valence-corrected chi connectivity index (χ0v) is 70.7. The fourth-order valence-electron chi connectivity index (χ4n) is 4.62. The minimum absolute atomic E-state index is 0. The molecule has 0 unspecified atom stereocenters. The Balaban J connectivity index is 0.000000598. The van der Waals surface area contributed by atoms with Crippen LogP contribution in [0.3, 0.4) is 0 Å². The topological polar surface area (TPSA) is 84.2 Å². The number of carbonyl (C=O) groups excluding carboxylic acids is 2. The highest BCUT2D eigenvalue weighted by Gasteiger charge is 2.20. The lowest BCUT2D eigenvalue weighted by Gasteiger charge is -2.05. The largest absolute Gasteiger partial charge is 0.461 e. The molecule has 6 aromatic rings. The van der Waals surface area contributed by atoms with Gasteiger partial charge in [0, 0.05) is 348 Å². The predicted molar refractivity (Wildman–Crippen MR) is 456 cm³/mol. The number of benzene rings is 4. The van der Waals surface area contributed by atoms with Crippen molar-refractivity contribution in [2.45, 2.75) is 57.2 Å². The summed E-state index contributed by atoms with van der Waals surface area (Å²) in [6.07, 6.45) is 0. The van der Waals surface area contributed by atoms with Gasteiger partial charge in [-0.15, -0.1) is 12.6 Å². The van der Waals surface area contributed by atoms with Crippen LogP contribution in [0.2, 0.25) is 10.0 Å². The second kappa shape index (κ2) is 56.2. The number of ether oxygens (including phenoxy) is 2. The van der Waals surface area contributed by atoms with Gasteiger partial charge in [-0.25, -0.2) is 9.59 Å². The van der Waals surface area contributed by atoms with E-state index in [9.17, 15) is 9.59 Å². The molecule has 0 amide bonds. The summed E-state index contributed by atoms with van der Waals surface area (Å²) in [4.78, 5) is 32.7. The molecule has 0 fully saturated rings. The Bertz CT molecular complexity index is 4530. The summed E-state index contributed by atoms with van der Waals surface area (Å²) >= 11 is 27.2. The molecular formula is C38H42Cl2N2O4S36. The van der Waals surface area contributed by atoms with Crippen molar-refractivity contribution < 1.29 is 19.1 Å². The van der Waals surface area contributed by atoms with Gasteiger partial charge in [0.1, 0.15) is 11.4 Å². The molecule has 0 aliphatic rings. The van der Waals surface area contributed by atoms with Gasteiger partial charge in [0.2, 0.25) is 0 Å². The van der Waals surface area contributed by atoms with Crippen LogP contribution in [-0.2, 0) is 316 Å². The summed E-state index contributed by atoms with van der Waals surface area (Å²) in [7, 11) is 56.4. The summed E-state index contributed by atoms with van der Waals surface area (Å²) < 4.78 is 10.1. The fraction of sp³-hybridized carbons (Fsp3) is 0.211. The summed E-state index contributed by atoms with van der Waals surface area (Å²) in [6, 6.07) is 28.9. The highest BCUT2D eigenvalue weighted by molar-refractivity contribution is 8.80. The molecule has 6 nitrogen and oxygen atoms in total. The van der Waals surface area contributed by atoms with Crippen molar-refractivity contribution in [2.24, 2.45) is 0 Å². The molecule has 0 atom stereocenters. The molecule has 4 aromatic carbocycles. The van der Waals surface area contributed by atoms with Gasteiger partial charge in [-0.1, -0.05) is 85.2 Å². The first kappa shape index (κ1) is 83.7. The number of aromatic nitrogens is 2. The van der Waals surface area contributed by atoms with Crippen LogP contribution in [0, 0.1) is 13.8 Å². The molecule has 458 valence electrons. The minimum atomic E-state index is -0.352. The Morgan fingerprint density at radius 1 is 0.463 bits per heavy atom. The molecular weight excluding hydrogens is 1770 g/mol. The molecule has 82 heavy (non-hydrogen) atoms. The molecule has 0 aliphatic carbocycles. The van der Waals surface area contributed by atoms with E-state index in [4.69, 9.17) is 55.1 Å². The molecule has 2 N–H and O–H groups in total. The normalized spacial score (nSPS) is 9.06. The summed E-state index contributed by atoms with van der Waals surface area (Å²) in [5.41, 5.74) is 5.14. The van der Waals surface area contributed by atoms with Crippen LogP contribution in [0.1, 0.15) is 60.8 Å². The van der Waals surface area contributed by atoms with E-state index in [0.29, 0.717) is 34.6 Å². The fourth-order valence-corrected chi connectivity index (χ4v) is 88.5. The van der Waals surface area contributed by atoms with Crippen molar-refractivity contribution in [1.82, 2.24) is 9.97 Å². The quantitative estimate of drug-likeness (QED) is 0.113. The molecule has 0 saturated heterocycles. The molecule has 0 saturated carbocycles. The second-order valence-corrected chi connectivity index (χ2v) is 71.4. The molecule has 0 aliphatic heterocycles. The number of hydrogen-bond acceptors (Lipinski definition) is 8. The lowest BCUT2D eigenvalue weighted by Crippen LogP contribution is -2.06. The Kier molecular flexibility index (Phi) is 57.4. The molecule has 0 radical (unpaired) electrons. The Morgan fingerprint density at radius 3 is 1.20 bits per heavy atom. The van der Waals surface area contributed by atoms with E-state index in [1.54, 1.807) is 145 Å². The van der Waals surface area contributed by atoms with E-state index in [1.165, 1.54) is 40.6 Å². The number of H-pyrrole nitrogens is 2. The Morgan fingerprint density at radius 2 is 0.817 bits per heavy atom. The molecule has 6 rings (SSSR count). The van der Waals surface area contributed by atoms with Crippen LogP contribution in [-0.4, -0.2) is 35.1 Å². The standard InChI is InChI=1S/C18H16ClNO2S.C11H10ClNO2.C7H8S.2CH4.S34/c1-3-22-18(21)16-17(23-13-7-4-11(2)5-8-13)14-10-12(19)6-9-15(14)20-16;1-2-15-11(14)10-6-7-5-8(12)3-4-9(7)13-10;1-6-2-4-7(8)5-3-6;;;1-3-5-7-9-11-13-15-17-19-21-23-25-27-29-31-33-34-32-30-28-26-24-22-20-18-16-14-12-10-8-6-4-2/h4-10,20H,3H2,1-2H3;3-6,13H,2H2,1H3;2-5,8H,1H3;2*1H4;. The molecule has 2 aromatic heterocycles. The number of thiol groups is 1. The number of rotatable bonds is 6. The lowest BCUT2D eigenvalue weighted by molar-refractivity contribution is 0.0509. The van der Waals surface area contributed by atoms with Crippen molar-refractivity contribution in [3.05, 3.63) is 124 Å². The number of halogens is 2. The SMILES string of the molecule is C.C.CCOC(=O)c1[nH]c2ccc(Cl)cc2c1Sc1ccc(C)cc1.CCOC(=O)c1cc2cc(Cl)ccc2[nH]1.Cc1ccc(S)cc1.S=S=S=S=S=S=S=S=S=S=S=S=S=S=S=S=S=S=S=S=S=S=S=S=S=S=S=S=S=S=S=S=S=S. The van der Waals surface area contributed by atoms with E-state index in [-0.39, 0.29) is 26.8 Å². The zero-order chi connectivity index (χ0) is 57.8. The van der Waals surface area contributed by atoms with E-state index >= 15 is 0 Å². The summed E-state index contributed by atoms with van der Waals surface area (Å²) in [6.45, 7) is 8.39. The maximum Gasteiger partial charge on any atom is 0.355 e. The van der Waals surface area contributed by atoms with Crippen LogP contribution >= 0.6 is 47.6 Å². The Hall–Kier alpha value is 3.66. The van der Waals surface area contributed by atoms with E-state index in [2.05, 4.69) is 29.5 Å². The predicted octanol–water partition coefficient (Wildman–Crippen LogP) is 11.9. The van der Waals surface area contributed by atoms with Gasteiger partial charge in [0.05, 0.1) is 18.1 Å². The molecule has 44 heteroatoms. The van der Waals surface area contributed by atoms with Crippen molar-refractivity contribution in [3.63, 3.8) is 0 Å². The molecule has 0 bridgehead atoms. The van der Waals surface area contributed by atoms with Gasteiger partial charge in [-0.2, -0.15) is 0 Å². The number of fused-ring (bicyclic) bond motifs is 2. The van der Waals surface area contributed by atoms with E-state index in [0.717, 1.165) is 36.5 Å². The van der Waals surface area contributed by atoms with Gasteiger partial charge in [0.15, 0.2) is 0 Å². The first-order valence-electron chi connectivity index (χ1n) is 20.0. The van der Waals surface area contributed by atoms with Gasteiger partial charge in [-0.3, -0.25) is 0 Å². The van der Waals surface area contributed by atoms with Crippen LogP contribution in [0.4, 0.5) is 0 Å². The van der Waals surface area contributed by atoms with Crippen LogP contribution in [0.5, 0.6) is 0 Å².